The Morgan fingerprint density at radius 3 is 1.44 bits per heavy atom. The molecule has 0 aromatic heterocycles. The summed E-state index contributed by atoms with van der Waals surface area (Å²) in [6.07, 6.45) is 0.925. The summed E-state index contributed by atoms with van der Waals surface area (Å²) in [5.41, 5.74) is 9.05. The van der Waals surface area contributed by atoms with Gasteiger partial charge in [-0.15, -0.1) is 0 Å². The van der Waals surface area contributed by atoms with Crippen molar-refractivity contribution in [1.82, 2.24) is 0 Å². The minimum Gasteiger partial charge on any atom is -0.398 e. The first-order chi connectivity index (χ1) is 16.5. The highest BCUT2D eigenvalue weighted by atomic mass is 16.6. The topological polar surface area (TPSA) is 60.4 Å². The van der Waals surface area contributed by atoms with Crippen LogP contribution in [0.3, 0.4) is 0 Å². The molecule has 4 nitrogen and oxygen atoms in total. The lowest BCUT2D eigenvalue weighted by molar-refractivity contribution is -0.141. The van der Waals surface area contributed by atoms with Crippen LogP contribution in [0.15, 0.2) is 97.1 Å². The number of rotatable bonds is 5. The Morgan fingerprint density at radius 1 is 0.559 bits per heavy atom. The average Bonchev–Trinajstić information content (AvgIpc) is 2.85. The predicted molar refractivity (Wildman–Crippen MR) is 137 cm³/mol. The highest BCUT2D eigenvalue weighted by Gasteiger charge is 2.11. The molecule has 0 bridgehead atoms. The van der Waals surface area contributed by atoms with Gasteiger partial charge in [0, 0.05) is 5.56 Å². The van der Waals surface area contributed by atoms with Crippen molar-refractivity contribution in [3.63, 3.8) is 0 Å². The summed E-state index contributed by atoms with van der Waals surface area (Å²) < 4.78 is 3.47. The predicted octanol–water partition coefficient (Wildman–Crippen LogP) is 6.76. The van der Waals surface area contributed by atoms with Crippen molar-refractivity contribution in [2.24, 2.45) is 0 Å². The second kappa shape index (κ2) is 14.0. The number of hydrogen-bond donors (Lipinski definition) is 0. The quantitative estimate of drug-likeness (QED) is 0.248. The zero-order valence-corrected chi connectivity index (χ0v) is 19.6. The average molecular weight is 453 g/mol. The molecule has 4 rings (SSSR count). The largest absolute Gasteiger partial charge is 0.398 e. The van der Waals surface area contributed by atoms with Crippen LogP contribution in [0.1, 0.15) is 27.0 Å². The van der Waals surface area contributed by atoms with Gasteiger partial charge in [0.2, 0.25) is 0 Å². The zero-order valence-electron chi connectivity index (χ0n) is 19.6. The van der Waals surface area contributed by atoms with Crippen molar-refractivity contribution in [2.45, 2.75) is 20.8 Å². The molecule has 0 atom stereocenters. The molecular weight excluding hydrogens is 424 g/mol. The Hall–Kier alpha value is -4.31. The Balaban J connectivity index is 0.000000241. The summed E-state index contributed by atoms with van der Waals surface area (Å²) in [4.78, 5) is 29.3. The Kier molecular flexibility index (Phi) is 10.7. The van der Waals surface area contributed by atoms with Gasteiger partial charge in [-0.2, -0.15) is 0 Å². The maximum Gasteiger partial charge on any atom is 0.300 e. The molecule has 0 aliphatic rings. The van der Waals surface area contributed by atoms with Gasteiger partial charge in [-0.3, -0.25) is 14.4 Å². The van der Waals surface area contributed by atoms with Gasteiger partial charge in [0.05, 0.1) is 0 Å². The molecule has 172 valence electrons. The third-order valence-electron chi connectivity index (χ3n) is 4.85. The van der Waals surface area contributed by atoms with E-state index in [0.717, 1.165) is 34.1 Å². The SMILES string of the molecule is Cc1cc(C)cc(C)c1.O=COC=O.O=Cc1cccc(-c2ccccc2)c1-c1ccccc1. The molecule has 0 spiro atoms. The molecule has 0 unspecified atom stereocenters. The number of aldehydes is 1. The van der Waals surface area contributed by atoms with Crippen LogP contribution in [0, 0.1) is 20.8 Å². The molecule has 0 saturated carbocycles. The van der Waals surface area contributed by atoms with E-state index < -0.39 is 0 Å². The van der Waals surface area contributed by atoms with Crippen LogP contribution in [-0.4, -0.2) is 19.2 Å². The molecule has 0 saturated heterocycles. The van der Waals surface area contributed by atoms with E-state index in [0.29, 0.717) is 0 Å². The summed E-state index contributed by atoms with van der Waals surface area (Å²) in [5, 5.41) is 0. The minimum atomic E-state index is 0.0625. The van der Waals surface area contributed by atoms with Crippen LogP contribution in [0.2, 0.25) is 0 Å². The van der Waals surface area contributed by atoms with E-state index in [1.54, 1.807) is 0 Å². The Morgan fingerprint density at radius 2 is 1.03 bits per heavy atom. The minimum absolute atomic E-state index is 0.0625. The van der Waals surface area contributed by atoms with Crippen molar-refractivity contribution in [3.05, 3.63) is 119 Å². The van der Waals surface area contributed by atoms with Gasteiger partial charge in [0.25, 0.3) is 0 Å². The number of carbonyl (C=O) groups excluding carboxylic acids is 3. The van der Waals surface area contributed by atoms with Crippen LogP contribution >= 0.6 is 0 Å². The first kappa shape index (κ1) is 25.9. The third kappa shape index (κ3) is 7.99. The van der Waals surface area contributed by atoms with Crippen molar-refractivity contribution in [3.8, 4) is 22.3 Å². The van der Waals surface area contributed by atoms with Gasteiger partial charge in [-0.25, -0.2) is 0 Å². The van der Waals surface area contributed by atoms with E-state index in [-0.39, 0.29) is 12.9 Å². The van der Waals surface area contributed by atoms with E-state index in [2.05, 4.69) is 61.9 Å². The highest BCUT2D eigenvalue weighted by Crippen LogP contribution is 2.34. The molecule has 0 aliphatic heterocycles. The second-order valence-corrected chi connectivity index (χ2v) is 7.61. The van der Waals surface area contributed by atoms with Crippen LogP contribution < -0.4 is 0 Å². The molecule has 4 heteroatoms. The van der Waals surface area contributed by atoms with E-state index in [1.165, 1.54) is 16.7 Å². The van der Waals surface area contributed by atoms with E-state index >= 15 is 0 Å². The van der Waals surface area contributed by atoms with Gasteiger partial charge in [0.15, 0.2) is 6.29 Å². The second-order valence-electron chi connectivity index (χ2n) is 7.61. The Labute approximate surface area is 200 Å². The van der Waals surface area contributed by atoms with Crippen molar-refractivity contribution < 1.29 is 19.1 Å². The molecular formula is C30H28O4. The van der Waals surface area contributed by atoms with Crippen molar-refractivity contribution >= 4 is 19.2 Å². The van der Waals surface area contributed by atoms with E-state index in [9.17, 15) is 4.79 Å². The lowest BCUT2D eigenvalue weighted by Gasteiger charge is -2.12. The molecule has 4 aromatic carbocycles. The molecule has 0 amide bonds. The number of hydrogen-bond acceptors (Lipinski definition) is 4. The summed E-state index contributed by atoms with van der Waals surface area (Å²) in [6.45, 7) is 6.50. The first-order valence-electron chi connectivity index (χ1n) is 10.8. The monoisotopic (exact) mass is 452 g/mol. The van der Waals surface area contributed by atoms with Gasteiger partial charge in [-0.1, -0.05) is 114 Å². The van der Waals surface area contributed by atoms with Crippen LogP contribution in [-0.2, 0) is 14.3 Å². The van der Waals surface area contributed by atoms with E-state index in [1.807, 2.05) is 60.7 Å². The molecule has 0 aliphatic carbocycles. The van der Waals surface area contributed by atoms with E-state index in [4.69, 9.17) is 9.59 Å². The van der Waals surface area contributed by atoms with Crippen LogP contribution in [0.4, 0.5) is 0 Å². The maximum absolute atomic E-state index is 11.4. The standard InChI is InChI=1S/C19H14O.C9H12.C2H2O3/c20-14-17-12-7-13-18(15-8-3-1-4-9-15)19(17)16-10-5-2-6-11-16;1-7-4-8(2)6-9(3)5-7;3-1-5-2-4/h1-14H;4-6H,1-3H3;1-2H. The van der Waals surface area contributed by atoms with Gasteiger partial charge in [0.1, 0.15) is 0 Å². The lowest BCUT2D eigenvalue weighted by atomic mass is 9.91. The lowest BCUT2D eigenvalue weighted by Crippen LogP contribution is -1.91. The number of benzene rings is 4. The number of ether oxygens (including phenoxy) is 1. The summed E-state index contributed by atoms with van der Waals surface area (Å²) in [5.74, 6) is 0. The van der Waals surface area contributed by atoms with Crippen molar-refractivity contribution in [2.75, 3.05) is 0 Å². The smallest absolute Gasteiger partial charge is 0.300 e. The molecule has 34 heavy (non-hydrogen) atoms. The summed E-state index contributed by atoms with van der Waals surface area (Å²) in [7, 11) is 0. The van der Waals surface area contributed by atoms with Gasteiger partial charge in [-0.05, 0) is 43.0 Å². The van der Waals surface area contributed by atoms with Gasteiger partial charge >= 0.3 is 12.9 Å². The first-order valence-corrected chi connectivity index (χ1v) is 10.8. The summed E-state index contributed by atoms with van der Waals surface area (Å²) >= 11 is 0. The third-order valence-corrected chi connectivity index (χ3v) is 4.85. The zero-order chi connectivity index (χ0) is 24.8. The van der Waals surface area contributed by atoms with Crippen LogP contribution in [0.25, 0.3) is 22.3 Å². The highest BCUT2D eigenvalue weighted by molar-refractivity contribution is 5.95. The normalized spacial score (nSPS) is 9.38. The fourth-order valence-corrected chi connectivity index (χ4v) is 3.68. The molecule has 0 N–H and O–H groups in total. The Bertz CT molecular complexity index is 1140. The van der Waals surface area contributed by atoms with Crippen molar-refractivity contribution in [1.29, 1.82) is 0 Å². The molecule has 0 fully saturated rings. The maximum atomic E-state index is 11.4. The summed E-state index contributed by atoms with van der Waals surface area (Å²) in [6, 6.07) is 32.6. The molecule has 4 aromatic rings. The number of carbonyl (C=O) groups is 3. The molecule has 0 radical (unpaired) electrons. The fraction of sp³-hybridized carbons (Fsp3) is 0.100. The van der Waals surface area contributed by atoms with Crippen LogP contribution in [0.5, 0.6) is 0 Å². The fourth-order valence-electron chi connectivity index (χ4n) is 3.68. The number of aryl methyl sites for hydroxylation is 3. The van der Waals surface area contributed by atoms with Gasteiger partial charge < -0.3 is 4.74 Å². The molecule has 0 heterocycles.